The molecule has 0 N–H and O–H groups in total. The number of carbonyl (C=O) groups excluding carboxylic acids is 2. The van der Waals surface area contributed by atoms with E-state index in [0.717, 1.165) is 25.7 Å². The molecule has 10 atom stereocenters. The van der Waals surface area contributed by atoms with Crippen molar-refractivity contribution in [3.63, 3.8) is 0 Å². The van der Waals surface area contributed by atoms with Crippen molar-refractivity contribution < 1.29 is 9.59 Å². The average molecular weight is 357 g/mol. The van der Waals surface area contributed by atoms with Crippen molar-refractivity contribution in [2.75, 3.05) is 0 Å². The van der Waals surface area contributed by atoms with Crippen molar-refractivity contribution in [1.29, 1.82) is 0 Å². The van der Waals surface area contributed by atoms with Gasteiger partial charge in [-0.05, 0) is 61.2 Å². The van der Waals surface area contributed by atoms with Crippen LogP contribution in [0.15, 0.2) is 0 Å². The fraction of sp³-hybridized carbons (Fsp3) is 0.917. The second-order valence-corrected chi connectivity index (χ2v) is 10.3. The van der Waals surface area contributed by atoms with Gasteiger partial charge in [-0.25, -0.2) is 0 Å². The summed E-state index contributed by atoms with van der Waals surface area (Å²) in [5, 5.41) is 0. The molecule has 2 heteroatoms. The Morgan fingerprint density at radius 2 is 1.04 bits per heavy atom. The summed E-state index contributed by atoms with van der Waals surface area (Å²) in [4.78, 5) is 27.1. The van der Waals surface area contributed by atoms with Gasteiger partial charge in [-0.3, -0.25) is 9.59 Å². The zero-order chi connectivity index (χ0) is 18.0. The van der Waals surface area contributed by atoms with Gasteiger partial charge in [0.05, 0.1) is 0 Å². The maximum absolute atomic E-state index is 13.5. The molecule has 0 bridgehead atoms. The third kappa shape index (κ3) is 2.17. The van der Waals surface area contributed by atoms with E-state index in [0.29, 0.717) is 70.7 Å². The Morgan fingerprint density at radius 1 is 0.654 bits per heavy atom. The van der Waals surface area contributed by atoms with Crippen LogP contribution in [0.2, 0.25) is 0 Å². The number of rotatable bonds is 2. The molecule has 0 aromatic carbocycles. The maximum Gasteiger partial charge on any atom is 0.139 e. The van der Waals surface area contributed by atoms with E-state index in [4.69, 9.17) is 0 Å². The molecule has 0 amide bonds. The Balaban J connectivity index is 1.59. The van der Waals surface area contributed by atoms with Gasteiger partial charge < -0.3 is 0 Å². The Morgan fingerprint density at radius 3 is 1.42 bits per heavy atom. The molecule has 0 spiro atoms. The van der Waals surface area contributed by atoms with Gasteiger partial charge in [-0.2, -0.15) is 0 Å². The van der Waals surface area contributed by atoms with Crippen LogP contribution in [0.5, 0.6) is 0 Å². The molecule has 0 aliphatic heterocycles. The van der Waals surface area contributed by atoms with Crippen LogP contribution < -0.4 is 0 Å². The molecular weight excluding hydrogens is 320 g/mol. The molecule has 5 fully saturated rings. The highest BCUT2D eigenvalue weighted by molar-refractivity contribution is 5.90. The van der Waals surface area contributed by atoms with E-state index in [9.17, 15) is 9.59 Å². The first-order chi connectivity index (χ1) is 12.7. The minimum absolute atomic E-state index is 0.299. The normalized spacial score (nSPS) is 53.0. The molecule has 5 aliphatic rings. The second kappa shape index (κ2) is 6.45. The molecule has 0 radical (unpaired) electrons. The number of fused-ring (bicyclic) bond motifs is 6. The molecule has 0 saturated heterocycles. The van der Waals surface area contributed by atoms with Crippen molar-refractivity contribution >= 4 is 11.6 Å². The van der Waals surface area contributed by atoms with Crippen molar-refractivity contribution in [3.05, 3.63) is 0 Å². The molecular formula is C24H36O2. The first-order valence-electron chi connectivity index (χ1n) is 11.8. The van der Waals surface area contributed by atoms with Crippen molar-refractivity contribution in [1.82, 2.24) is 0 Å². The zero-order valence-corrected chi connectivity index (χ0v) is 16.7. The quantitative estimate of drug-likeness (QED) is 0.673. The number of ketones is 2. The van der Waals surface area contributed by atoms with Gasteiger partial charge in [-0.15, -0.1) is 0 Å². The van der Waals surface area contributed by atoms with Gasteiger partial charge in [0.25, 0.3) is 0 Å². The van der Waals surface area contributed by atoms with Gasteiger partial charge in [0, 0.05) is 23.7 Å². The lowest BCUT2D eigenvalue weighted by atomic mass is 9.54. The summed E-state index contributed by atoms with van der Waals surface area (Å²) in [6.07, 6.45) is 12.1. The molecule has 2 nitrogen and oxygen atoms in total. The van der Waals surface area contributed by atoms with Crippen molar-refractivity contribution in [2.24, 2.45) is 59.2 Å². The Labute approximate surface area is 158 Å². The highest BCUT2D eigenvalue weighted by Crippen LogP contribution is 2.65. The van der Waals surface area contributed by atoms with E-state index < -0.39 is 0 Å². The second-order valence-electron chi connectivity index (χ2n) is 10.3. The highest BCUT2D eigenvalue weighted by Gasteiger charge is 2.66. The molecule has 0 aromatic heterocycles. The van der Waals surface area contributed by atoms with Crippen LogP contribution in [-0.4, -0.2) is 11.6 Å². The molecule has 5 rings (SSSR count). The van der Waals surface area contributed by atoms with Crippen LogP contribution in [0.1, 0.15) is 78.1 Å². The summed E-state index contributed by atoms with van der Waals surface area (Å²) in [6.45, 7) is 4.61. The van der Waals surface area contributed by atoms with Crippen LogP contribution in [0.3, 0.4) is 0 Å². The third-order valence-corrected chi connectivity index (χ3v) is 9.70. The van der Waals surface area contributed by atoms with E-state index in [1.165, 1.54) is 38.5 Å². The third-order valence-electron chi connectivity index (χ3n) is 9.70. The van der Waals surface area contributed by atoms with Gasteiger partial charge in [-0.1, -0.05) is 52.4 Å². The van der Waals surface area contributed by atoms with Crippen molar-refractivity contribution in [2.45, 2.75) is 78.1 Å². The van der Waals surface area contributed by atoms with Gasteiger partial charge >= 0.3 is 0 Å². The first kappa shape index (κ1) is 17.4. The average Bonchev–Trinajstić information content (AvgIpc) is 3.14. The smallest absolute Gasteiger partial charge is 0.139 e. The summed E-state index contributed by atoms with van der Waals surface area (Å²) in [7, 11) is 0. The summed E-state index contributed by atoms with van der Waals surface area (Å²) >= 11 is 0. The zero-order valence-electron chi connectivity index (χ0n) is 16.7. The van der Waals surface area contributed by atoms with Crippen LogP contribution in [0.4, 0.5) is 0 Å². The molecule has 26 heavy (non-hydrogen) atoms. The van der Waals surface area contributed by atoms with Crippen LogP contribution in [0, 0.1) is 59.2 Å². The minimum Gasteiger partial charge on any atom is -0.299 e. The predicted octanol–water partition coefficient (Wildman–Crippen LogP) is 5.30. The Bertz CT molecular complexity index is 543. The monoisotopic (exact) mass is 356 g/mol. The van der Waals surface area contributed by atoms with Crippen LogP contribution >= 0.6 is 0 Å². The van der Waals surface area contributed by atoms with Crippen molar-refractivity contribution in [3.8, 4) is 0 Å². The summed E-state index contributed by atoms with van der Waals surface area (Å²) in [5.74, 6) is 5.85. The lowest BCUT2D eigenvalue weighted by molar-refractivity contribution is -0.136. The lowest BCUT2D eigenvalue weighted by Gasteiger charge is -2.49. The van der Waals surface area contributed by atoms with Gasteiger partial charge in [0.1, 0.15) is 11.6 Å². The van der Waals surface area contributed by atoms with E-state index in [2.05, 4.69) is 13.8 Å². The minimum atomic E-state index is 0.299. The Hall–Kier alpha value is -0.660. The summed E-state index contributed by atoms with van der Waals surface area (Å²) < 4.78 is 0. The highest BCUT2D eigenvalue weighted by atomic mass is 16.1. The molecule has 0 aromatic rings. The topological polar surface area (TPSA) is 34.1 Å². The number of Topliss-reactive ketones (excluding diaryl/α,β-unsaturated/α-hetero) is 2. The lowest BCUT2D eigenvalue weighted by Crippen LogP contribution is -2.48. The molecule has 10 unspecified atom stereocenters. The SMILES string of the molecule is CCC1C2C(=O)C3CCCCC3C2C(CC)C2C(=O)C3CCCCC3C12. The van der Waals surface area contributed by atoms with Gasteiger partial charge in [0.15, 0.2) is 0 Å². The Kier molecular flexibility index (Phi) is 4.33. The molecule has 144 valence electrons. The molecule has 0 heterocycles. The van der Waals surface area contributed by atoms with Crippen LogP contribution in [-0.2, 0) is 9.59 Å². The standard InChI is InChI=1S/C24H36O2/c1-3-13-19-15-9-5-7-11-17(15)24(26)22(19)14(4-2)20-16-10-6-8-12-18(16)23(25)21(13)20/h13-22H,3-12H2,1-2H3. The summed E-state index contributed by atoms with van der Waals surface area (Å²) in [6, 6.07) is 0. The number of carbonyl (C=O) groups is 2. The van der Waals surface area contributed by atoms with Gasteiger partial charge in [0.2, 0.25) is 0 Å². The van der Waals surface area contributed by atoms with E-state index in [1.807, 2.05) is 0 Å². The van der Waals surface area contributed by atoms with E-state index >= 15 is 0 Å². The largest absolute Gasteiger partial charge is 0.299 e. The first-order valence-corrected chi connectivity index (χ1v) is 11.8. The molecule has 5 aliphatic carbocycles. The maximum atomic E-state index is 13.5. The van der Waals surface area contributed by atoms with E-state index in [1.54, 1.807) is 0 Å². The van der Waals surface area contributed by atoms with Crippen LogP contribution in [0.25, 0.3) is 0 Å². The number of hydrogen-bond donors (Lipinski definition) is 0. The number of hydrogen-bond acceptors (Lipinski definition) is 2. The summed E-state index contributed by atoms with van der Waals surface area (Å²) in [5.41, 5.74) is 0. The van der Waals surface area contributed by atoms with E-state index in [-0.39, 0.29) is 0 Å². The molecule has 5 saturated carbocycles. The predicted molar refractivity (Wildman–Crippen MR) is 102 cm³/mol. The fourth-order valence-electron chi connectivity index (χ4n) is 9.04. The fourth-order valence-corrected chi connectivity index (χ4v) is 9.04.